The summed E-state index contributed by atoms with van der Waals surface area (Å²) in [5, 5.41) is 10.0. The number of carbonyl (C=O) groups is 2. The Morgan fingerprint density at radius 1 is 0.938 bits per heavy atom. The number of carboxylic acid groups (broad SMARTS) is 1. The minimum Gasteiger partial charge on any atom is -0.465 e. The smallest absolute Gasteiger partial charge is 0.407 e. The second-order valence-electron chi connectivity index (χ2n) is 11.8. The molecule has 1 saturated carbocycles. The lowest BCUT2D eigenvalue weighted by atomic mass is 9.90. The quantitative estimate of drug-likeness (QED) is 0.222. The highest BCUT2D eigenvalue weighted by atomic mass is 19.1. The van der Waals surface area contributed by atoms with Crippen molar-refractivity contribution < 1.29 is 23.5 Å². The maximum absolute atomic E-state index is 14.4. The van der Waals surface area contributed by atoms with Gasteiger partial charge in [-0.1, -0.05) is 36.4 Å². The minimum absolute atomic E-state index is 0.00850. The van der Waals surface area contributed by atoms with Crippen molar-refractivity contribution in [1.29, 1.82) is 0 Å². The van der Waals surface area contributed by atoms with Gasteiger partial charge in [0.25, 0.3) is 5.56 Å². The van der Waals surface area contributed by atoms with Crippen LogP contribution in [0.2, 0.25) is 0 Å². The van der Waals surface area contributed by atoms with Gasteiger partial charge in [0.2, 0.25) is 0 Å². The number of carbonyl (C=O) groups excluding carboxylic acids is 1. The van der Waals surface area contributed by atoms with Crippen molar-refractivity contribution in [3.63, 3.8) is 0 Å². The Morgan fingerprint density at radius 3 is 2.44 bits per heavy atom. The second kappa shape index (κ2) is 12.3. The average molecular weight is 651 g/mol. The lowest BCUT2D eigenvalue weighted by Crippen LogP contribution is -2.46. The highest BCUT2D eigenvalue weighted by Gasteiger charge is 2.32. The molecule has 0 atom stereocenters. The lowest BCUT2D eigenvalue weighted by Gasteiger charge is -2.35. The number of imidazole rings is 1. The van der Waals surface area contributed by atoms with Crippen LogP contribution in [0.4, 0.5) is 13.6 Å². The number of fused-ring (bicyclic) bond motifs is 2. The van der Waals surface area contributed by atoms with E-state index < -0.39 is 41.1 Å². The molecule has 13 heteroatoms. The molecule has 0 saturated heterocycles. The summed E-state index contributed by atoms with van der Waals surface area (Å²) in [5.74, 6) is -1.17. The molecule has 1 fully saturated rings. The monoisotopic (exact) mass is 650 g/mol. The first-order valence-electron chi connectivity index (χ1n) is 15.3. The lowest BCUT2D eigenvalue weighted by molar-refractivity contribution is 0.0983. The predicted molar refractivity (Wildman–Crippen MR) is 172 cm³/mol. The fourth-order valence-electron chi connectivity index (χ4n) is 6.56. The van der Waals surface area contributed by atoms with Gasteiger partial charge in [-0.05, 0) is 67.1 Å². The standard InChI is InChI=1S/C35H28F2N6O5/c36-24-8-13-31-39-26(18-40(31)17-24)19-41(35(47)48)27-9-11-28(12-10-27)43-33(45)30-15-25(37)16-38-32(30)42(34(43)46)29-3-1-2-23(14-29)22-6-4-21(20-44)5-7-22/h1-8,13-18,20,27-28H,9-12,19H2,(H,47,48). The molecule has 0 bridgehead atoms. The van der Waals surface area contributed by atoms with Gasteiger partial charge in [0.1, 0.15) is 23.6 Å². The number of nitrogens with zero attached hydrogens (tertiary/aromatic N) is 6. The molecule has 0 unspecified atom stereocenters. The van der Waals surface area contributed by atoms with E-state index in [-0.39, 0.29) is 17.6 Å². The van der Waals surface area contributed by atoms with Crippen molar-refractivity contribution in [3.8, 4) is 16.8 Å². The third-order valence-electron chi connectivity index (χ3n) is 8.89. The third kappa shape index (κ3) is 5.63. The third-order valence-corrected chi connectivity index (χ3v) is 8.89. The van der Waals surface area contributed by atoms with Crippen LogP contribution in [0.1, 0.15) is 47.8 Å². The molecule has 7 rings (SSSR count). The zero-order chi connectivity index (χ0) is 33.5. The zero-order valence-electron chi connectivity index (χ0n) is 25.4. The molecule has 0 radical (unpaired) electrons. The Bertz CT molecular complexity index is 2320. The van der Waals surface area contributed by atoms with Gasteiger partial charge in [-0.15, -0.1) is 0 Å². The Balaban J connectivity index is 1.21. The number of halogens is 2. The van der Waals surface area contributed by atoms with Gasteiger partial charge < -0.3 is 9.51 Å². The van der Waals surface area contributed by atoms with Gasteiger partial charge in [0.15, 0.2) is 5.65 Å². The summed E-state index contributed by atoms with van der Waals surface area (Å²) in [7, 11) is 0. The Kier molecular flexibility index (Phi) is 7.87. The Hall–Kier alpha value is -5.98. The number of amides is 1. The zero-order valence-corrected chi connectivity index (χ0v) is 25.4. The summed E-state index contributed by atoms with van der Waals surface area (Å²) in [6.07, 6.45) is 4.75. The predicted octanol–water partition coefficient (Wildman–Crippen LogP) is 5.62. The van der Waals surface area contributed by atoms with E-state index in [1.54, 1.807) is 48.7 Å². The van der Waals surface area contributed by atoms with E-state index in [4.69, 9.17) is 0 Å². The maximum atomic E-state index is 14.4. The molecule has 1 aliphatic rings. The van der Waals surface area contributed by atoms with Crippen LogP contribution in [0.15, 0.2) is 94.9 Å². The number of benzene rings is 2. The summed E-state index contributed by atoms with van der Waals surface area (Å²) >= 11 is 0. The highest BCUT2D eigenvalue weighted by molar-refractivity contribution is 5.78. The molecule has 1 aliphatic carbocycles. The highest BCUT2D eigenvalue weighted by Crippen LogP contribution is 2.31. The van der Waals surface area contributed by atoms with Gasteiger partial charge in [-0.25, -0.2) is 32.9 Å². The van der Waals surface area contributed by atoms with E-state index in [0.717, 1.165) is 34.2 Å². The number of hydrogen-bond acceptors (Lipinski definition) is 6. The first kappa shape index (κ1) is 30.7. The van der Waals surface area contributed by atoms with Gasteiger partial charge in [0, 0.05) is 30.0 Å². The van der Waals surface area contributed by atoms with Crippen LogP contribution in [0.3, 0.4) is 0 Å². The summed E-state index contributed by atoms with van der Waals surface area (Å²) in [5.41, 5.74) is 2.10. The molecule has 11 nitrogen and oxygen atoms in total. The van der Waals surface area contributed by atoms with Crippen molar-refractivity contribution in [2.75, 3.05) is 0 Å². The molecule has 4 aromatic heterocycles. The van der Waals surface area contributed by atoms with Crippen molar-refractivity contribution in [3.05, 3.63) is 129 Å². The molecule has 0 aliphatic heterocycles. The first-order chi connectivity index (χ1) is 23.2. The van der Waals surface area contributed by atoms with Gasteiger partial charge in [-0.3, -0.25) is 19.1 Å². The number of rotatable bonds is 7. The van der Waals surface area contributed by atoms with Crippen LogP contribution in [0.5, 0.6) is 0 Å². The van der Waals surface area contributed by atoms with Gasteiger partial charge in [0.05, 0.1) is 29.5 Å². The van der Waals surface area contributed by atoms with Crippen LogP contribution in [0.25, 0.3) is 33.5 Å². The van der Waals surface area contributed by atoms with E-state index in [0.29, 0.717) is 48.3 Å². The van der Waals surface area contributed by atoms with E-state index in [9.17, 15) is 33.1 Å². The van der Waals surface area contributed by atoms with Gasteiger partial charge >= 0.3 is 11.8 Å². The van der Waals surface area contributed by atoms with Crippen molar-refractivity contribution >= 4 is 29.1 Å². The normalized spacial score (nSPS) is 16.3. The molecule has 0 spiro atoms. The second-order valence-corrected chi connectivity index (χ2v) is 11.8. The molecule has 48 heavy (non-hydrogen) atoms. The molecular weight excluding hydrogens is 622 g/mol. The van der Waals surface area contributed by atoms with E-state index >= 15 is 0 Å². The first-order valence-corrected chi connectivity index (χ1v) is 15.3. The van der Waals surface area contributed by atoms with E-state index in [2.05, 4.69) is 9.97 Å². The number of aromatic nitrogens is 5. The van der Waals surface area contributed by atoms with E-state index in [1.165, 1.54) is 32.2 Å². The van der Waals surface area contributed by atoms with Crippen molar-refractivity contribution in [2.45, 2.75) is 44.3 Å². The minimum atomic E-state index is -1.14. The number of aldehydes is 1. The fourth-order valence-corrected chi connectivity index (χ4v) is 6.56. The van der Waals surface area contributed by atoms with Crippen LogP contribution >= 0.6 is 0 Å². The van der Waals surface area contributed by atoms with Gasteiger partial charge in [-0.2, -0.15) is 0 Å². The molecule has 1 N–H and O–H groups in total. The SMILES string of the molecule is O=Cc1ccc(-c2cccc(-n3c(=O)n(C4CCC(N(Cc5cn6cc(F)ccc6n5)C(=O)O)CC4)c(=O)c4cc(F)cnc43)c2)cc1. The largest absolute Gasteiger partial charge is 0.465 e. The Labute approximate surface area is 271 Å². The molecule has 4 heterocycles. The van der Waals surface area contributed by atoms with Crippen LogP contribution in [-0.4, -0.2) is 51.9 Å². The molecule has 1 amide bonds. The summed E-state index contributed by atoms with van der Waals surface area (Å²) in [4.78, 5) is 61.3. The maximum Gasteiger partial charge on any atom is 0.407 e. The summed E-state index contributed by atoms with van der Waals surface area (Å²) < 4.78 is 32.0. The van der Waals surface area contributed by atoms with Crippen molar-refractivity contribution in [2.24, 2.45) is 0 Å². The van der Waals surface area contributed by atoms with E-state index in [1.807, 2.05) is 6.07 Å². The molecule has 2 aromatic carbocycles. The van der Waals surface area contributed by atoms with Crippen LogP contribution in [0, 0.1) is 11.6 Å². The molecular formula is C35H28F2N6O5. The van der Waals surface area contributed by atoms with Crippen LogP contribution in [-0.2, 0) is 6.54 Å². The summed E-state index contributed by atoms with van der Waals surface area (Å²) in [6, 6.07) is 16.8. The topological polar surface area (TPSA) is 132 Å². The Morgan fingerprint density at radius 2 is 1.71 bits per heavy atom. The molecule has 6 aromatic rings. The number of pyridine rings is 2. The van der Waals surface area contributed by atoms with Crippen LogP contribution < -0.4 is 11.2 Å². The fraction of sp³-hybridized carbons (Fsp3) is 0.200. The average Bonchev–Trinajstić information content (AvgIpc) is 3.50. The number of hydrogen-bond donors (Lipinski definition) is 1. The van der Waals surface area contributed by atoms with Crippen molar-refractivity contribution in [1.82, 2.24) is 28.4 Å². The summed E-state index contributed by atoms with van der Waals surface area (Å²) in [6.45, 7) is -0.0180. The molecule has 242 valence electrons.